The van der Waals surface area contributed by atoms with Gasteiger partial charge in [-0.25, -0.2) is 9.69 Å². The van der Waals surface area contributed by atoms with Gasteiger partial charge in [-0.05, 0) is 57.5 Å². The van der Waals surface area contributed by atoms with Crippen molar-refractivity contribution in [1.82, 2.24) is 4.90 Å². The monoisotopic (exact) mass is 402 g/mol. The number of anilines is 1. The maximum atomic E-state index is 13.0. The van der Waals surface area contributed by atoms with E-state index in [4.69, 9.17) is 9.47 Å². The van der Waals surface area contributed by atoms with Gasteiger partial charge in [0.25, 0.3) is 5.91 Å². The number of ether oxygens (including phenoxy) is 2. The zero-order chi connectivity index (χ0) is 21.0. The predicted octanol–water partition coefficient (Wildman–Crippen LogP) is 1.77. The first kappa shape index (κ1) is 21.0. The number of likely N-dealkylation sites (tertiary alicyclic amines) is 1. The molecule has 2 heterocycles. The van der Waals surface area contributed by atoms with Crippen LogP contribution in [0.3, 0.4) is 0 Å². The molecule has 29 heavy (non-hydrogen) atoms. The lowest BCUT2D eigenvalue weighted by molar-refractivity contribution is -0.150. The number of hydrogen-bond acceptors (Lipinski definition) is 7. The van der Waals surface area contributed by atoms with Gasteiger partial charge >= 0.3 is 11.9 Å². The standard InChI is InChI=1S/C21H26N2O6/c1-3-28-20(26)14-7-9-16(10-8-14)23-18(24)12-17(19(23)25)22-11-5-6-15(13-22)21(27)29-4-2/h7-10,15,17H,3-6,11-13H2,1-2H3/t15-,17-/m1/s1. The molecule has 0 aromatic heterocycles. The molecule has 0 N–H and O–H groups in total. The Hall–Kier alpha value is -2.74. The lowest BCUT2D eigenvalue weighted by Gasteiger charge is -2.34. The normalized spacial score (nSPS) is 22.6. The van der Waals surface area contributed by atoms with Crippen molar-refractivity contribution in [2.24, 2.45) is 5.92 Å². The van der Waals surface area contributed by atoms with E-state index in [2.05, 4.69) is 0 Å². The maximum Gasteiger partial charge on any atom is 0.338 e. The van der Waals surface area contributed by atoms with Crippen molar-refractivity contribution < 1.29 is 28.7 Å². The summed E-state index contributed by atoms with van der Waals surface area (Å²) in [4.78, 5) is 52.5. The minimum atomic E-state index is -0.579. The van der Waals surface area contributed by atoms with E-state index in [1.165, 1.54) is 0 Å². The van der Waals surface area contributed by atoms with E-state index in [1.807, 2.05) is 4.90 Å². The highest BCUT2D eigenvalue weighted by Crippen LogP contribution is 2.29. The zero-order valence-electron chi connectivity index (χ0n) is 16.8. The van der Waals surface area contributed by atoms with Crippen molar-refractivity contribution in [3.63, 3.8) is 0 Å². The summed E-state index contributed by atoms with van der Waals surface area (Å²) in [7, 11) is 0. The van der Waals surface area contributed by atoms with Gasteiger partial charge in [0, 0.05) is 6.54 Å². The first-order valence-electron chi connectivity index (χ1n) is 10.0. The molecular formula is C21H26N2O6. The molecule has 1 aromatic carbocycles. The molecule has 2 aliphatic rings. The van der Waals surface area contributed by atoms with Crippen molar-refractivity contribution in [3.8, 4) is 0 Å². The molecule has 0 aliphatic carbocycles. The molecular weight excluding hydrogens is 376 g/mol. The molecule has 0 saturated carbocycles. The molecule has 2 atom stereocenters. The molecule has 2 fully saturated rings. The molecule has 1 aromatic rings. The number of imide groups is 1. The quantitative estimate of drug-likeness (QED) is 0.529. The Morgan fingerprint density at radius 1 is 1.07 bits per heavy atom. The first-order valence-corrected chi connectivity index (χ1v) is 10.0. The first-order chi connectivity index (χ1) is 14.0. The second kappa shape index (κ2) is 9.17. The largest absolute Gasteiger partial charge is 0.466 e. The van der Waals surface area contributed by atoms with E-state index in [-0.39, 0.29) is 36.7 Å². The molecule has 2 aliphatic heterocycles. The fourth-order valence-electron chi connectivity index (χ4n) is 3.88. The molecule has 2 saturated heterocycles. The molecule has 8 nitrogen and oxygen atoms in total. The van der Waals surface area contributed by atoms with E-state index in [1.54, 1.807) is 38.1 Å². The van der Waals surface area contributed by atoms with Gasteiger partial charge in [0.2, 0.25) is 5.91 Å². The highest BCUT2D eigenvalue weighted by molar-refractivity contribution is 6.22. The third kappa shape index (κ3) is 4.48. The van der Waals surface area contributed by atoms with Crippen LogP contribution in [0.15, 0.2) is 24.3 Å². The zero-order valence-corrected chi connectivity index (χ0v) is 16.8. The van der Waals surface area contributed by atoms with Crippen LogP contribution in [0, 0.1) is 5.92 Å². The van der Waals surface area contributed by atoms with Gasteiger partial charge in [-0.1, -0.05) is 0 Å². The van der Waals surface area contributed by atoms with Gasteiger partial charge in [0.1, 0.15) is 0 Å². The van der Waals surface area contributed by atoms with Crippen LogP contribution in [0.5, 0.6) is 0 Å². The molecule has 0 radical (unpaired) electrons. The van der Waals surface area contributed by atoms with Gasteiger partial charge < -0.3 is 9.47 Å². The number of esters is 2. The van der Waals surface area contributed by atoms with E-state index in [0.29, 0.717) is 30.9 Å². The summed E-state index contributed by atoms with van der Waals surface area (Å²) in [6.45, 7) is 5.16. The summed E-state index contributed by atoms with van der Waals surface area (Å²) in [5.74, 6) is -1.57. The highest BCUT2D eigenvalue weighted by atomic mass is 16.5. The smallest absolute Gasteiger partial charge is 0.338 e. The van der Waals surface area contributed by atoms with Crippen LogP contribution in [0.2, 0.25) is 0 Å². The lowest BCUT2D eigenvalue weighted by Crippen LogP contribution is -2.48. The van der Waals surface area contributed by atoms with Crippen molar-refractivity contribution >= 4 is 29.4 Å². The Labute approximate surface area is 169 Å². The second-order valence-electron chi connectivity index (χ2n) is 7.14. The fraction of sp³-hybridized carbons (Fsp3) is 0.524. The Kier molecular flexibility index (Phi) is 6.64. The summed E-state index contributed by atoms with van der Waals surface area (Å²) in [6, 6.07) is 5.64. The number of carbonyl (C=O) groups excluding carboxylic acids is 4. The average molecular weight is 402 g/mol. The van der Waals surface area contributed by atoms with E-state index in [0.717, 1.165) is 17.7 Å². The number of carbonyl (C=O) groups is 4. The van der Waals surface area contributed by atoms with Gasteiger partial charge in [0.15, 0.2) is 0 Å². The van der Waals surface area contributed by atoms with Crippen LogP contribution in [0.4, 0.5) is 5.69 Å². The molecule has 2 amide bonds. The van der Waals surface area contributed by atoms with Crippen molar-refractivity contribution in [2.45, 2.75) is 39.2 Å². The summed E-state index contributed by atoms with van der Waals surface area (Å²) < 4.78 is 10.1. The van der Waals surface area contributed by atoms with Crippen molar-refractivity contribution in [3.05, 3.63) is 29.8 Å². The van der Waals surface area contributed by atoms with E-state index < -0.39 is 12.0 Å². The molecule has 8 heteroatoms. The molecule has 3 rings (SSSR count). The minimum absolute atomic E-state index is 0.0774. The Morgan fingerprint density at radius 3 is 2.41 bits per heavy atom. The Morgan fingerprint density at radius 2 is 1.76 bits per heavy atom. The molecule has 0 spiro atoms. The van der Waals surface area contributed by atoms with Crippen LogP contribution < -0.4 is 4.90 Å². The number of hydrogen-bond donors (Lipinski definition) is 0. The van der Waals surface area contributed by atoms with Crippen LogP contribution in [0.1, 0.15) is 43.5 Å². The SMILES string of the molecule is CCOC(=O)c1ccc(N2C(=O)C[C@@H](N3CCC[C@@H](C(=O)OCC)C3)C2=O)cc1. The summed E-state index contributed by atoms with van der Waals surface area (Å²) in [5.41, 5.74) is 0.786. The average Bonchev–Trinajstić information content (AvgIpc) is 3.02. The van der Waals surface area contributed by atoms with E-state index >= 15 is 0 Å². The maximum absolute atomic E-state index is 13.0. The number of benzene rings is 1. The van der Waals surface area contributed by atoms with Crippen LogP contribution in [-0.2, 0) is 23.9 Å². The van der Waals surface area contributed by atoms with Crippen molar-refractivity contribution in [1.29, 1.82) is 0 Å². The van der Waals surface area contributed by atoms with Gasteiger partial charge in [0.05, 0.1) is 42.8 Å². The summed E-state index contributed by atoms with van der Waals surface area (Å²) >= 11 is 0. The van der Waals surface area contributed by atoms with E-state index in [9.17, 15) is 19.2 Å². The predicted molar refractivity (Wildman–Crippen MR) is 104 cm³/mol. The Balaban J connectivity index is 1.71. The third-order valence-electron chi connectivity index (χ3n) is 5.27. The minimum Gasteiger partial charge on any atom is -0.466 e. The lowest BCUT2D eigenvalue weighted by atomic mass is 9.96. The number of amides is 2. The number of piperidine rings is 1. The third-order valence-corrected chi connectivity index (χ3v) is 5.27. The number of rotatable bonds is 6. The highest BCUT2D eigenvalue weighted by Gasteiger charge is 2.44. The van der Waals surface area contributed by atoms with Gasteiger partial charge in [-0.15, -0.1) is 0 Å². The van der Waals surface area contributed by atoms with Crippen LogP contribution in [-0.4, -0.2) is 61.0 Å². The Bertz CT molecular complexity index is 791. The van der Waals surface area contributed by atoms with Gasteiger partial charge in [-0.3, -0.25) is 19.3 Å². The summed E-state index contributed by atoms with van der Waals surface area (Å²) in [6.07, 6.45) is 1.58. The van der Waals surface area contributed by atoms with Crippen LogP contribution >= 0.6 is 0 Å². The second-order valence-corrected chi connectivity index (χ2v) is 7.14. The van der Waals surface area contributed by atoms with Crippen LogP contribution in [0.25, 0.3) is 0 Å². The summed E-state index contributed by atoms with van der Waals surface area (Å²) in [5, 5.41) is 0. The molecule has 156 valence electrons. The topological polar surface area (TPSA) is 93.2 Å². The number of nitrogens with zero attached hydrogens (tertiary/aromatic N) is 2. The molecule has 0 unspecified atom stereocenters. The fourth-order valence-corrected chi connectivity index (χ4v) is 3.88. The van der Waals surface area contributed by atoms with Crippen molar-refractivity contribution in [2.75, 3.05) is 31.2 Å². The molecule has 0 bridgehead atoms. The van der Waals surface area contributed by atoms with Gasteiger partial charge in [-0.2, -0.15) is 0 Å².